The van der Waals surface area contributed by atoms with E-state index in [4.69, 9.17) is 1.37 Å². The average molecular weight is 354 g/mol. The maximum Gasteiger partial charge on any atom is 0.212 e. The number of aromatic nitrogens is 1. The first-order chi connectivity index (χ1) is 12.0. The van der Waals surface area contributed by atoms with Crippen LogP contribution in [0, 0.1) is 6.92 Å². The number of hydrogen-bond donors (Lipinski definition) is 0. The molecular weight excluding hydrogens is 314 g/mol. The van der Waals surface area contributed by atoms with Crippen LogP contribution in [0.3, 0.4) is 0 Å². The molecule has 0 radical (unpaired) electrons. The van der Waals surface area contributed by atoms with Gasteiger partial charge in [0.2, 0.25) is 5.69 Å². The van der Waals surface area contributed by atoms with Gasteiger partial charge in [0.15, 0.2) is 6.17 Å². The molecule has 142 valence electrons. The summed E-state index contributed by atoms with van der Waals surface area (Å²) >= 11 is 0. The van der Waals surface area contributed by atoms with Gasteiger partial charge in [0.1, 0.15) is 8.42 Å². The van der Waals surface area contributed by atoms with Gasteiger partial charge in [-0.2, -0.15) is 0 Å². The summed E-state index contributed by atoms with van der Waals surface area (Å²) in [7, 11) is 2.01. The highest BCUT2D eigenvalue weighted by molar-refractivity contribution is 5.65. The number of pyridine rings is 1. The molecule has 1 aromatic heterocycles. The van der Waals surface area contributed by atoms with Crippen molar-refractivity contribution < 1.29 is 5.94 Å². The van der Waals surface area contributed by atoms with Crippen molar-refractivity contribution in [1.82, 2.24) is 0 Å². The van der Waals surface area contributed by atoms with E-state index < -0.39 is 0 Å². The Morgan fingerprint density at radius 1 is 0.769 bits per heavy atom. The zero-order valence-corrected chi connectivity index (χ0v) is 18.8. The molecule has 1 heteroatoms. The fraction of sp³-hybridized carbons (Fsp3) is 0.560. The van der Waals surface area contributed by atoms with Crippen molar-refractivity contribution in [2.45, 2.75) is 85.5 Å². The van der Waals surface area contributed by atoms with Gasteiger partial charge >= 0.3 is 0 Å². The maximum absolute atomic E-state index is 8.69. The maximum atomic E-state index is 8.69. The first-order valence-electron chi connectivity index (χ1n) is 10.2. The zero-order valence-electron chi connectivity index (χ0n) is 19.8. The molecule has 0 aliphatic rings. The van der Waals surface area contributed by atoms with Gasteiger partial charge in [-0.05, 0) is 52.0 Å². The molecule has 26 heavy (non-hydrogen) atoms. The second-order valence-electron chi connectivity index (χ2n) is 10.8. The van der Waals surface area contributed by atoms with Crippen LogP contribution in [-0.4, -0.2) is 0 Å². The predicted octanol–water partition coefficient (Wildman–Crippen LogP) is 6.38. The first-order valence-corrected chi connectivity index (χ1v) is 9.71. The Kier molecular flexibility index (Phi) is 4.80. The molecule has 1 heterocycles. The van der Waals surface area contributed by atoms with E-state index in [0.29, 0.717) is 6.17 Å². The number of benzene rings is 1. The Morgan fingerprint density at radius 2 is 1.27 bits per heavy atom. The molecule has 0 saturated carbocycles. The molecule has 2 rings (SSSR count). The minimum absolute atomic E-state index is 0.0327. The SMILES string of the molecule is [2H]c1c(C(C)(C)C)ccc(-c2cc(C(C)(C)C)c(C(C)(C)C)cc2C)[n+]1C. The summed E-state index contributed by atoms with van der Waals surface area (Å²) in [4.78, 5) is 0. The van der Waals surface area contributed by atoms with Crippen molar-refractivity contribution in [2.75, 3.05) is 0 Å². The van der Waals surface area contributed by atoms with E-state index >= 15 is 0 Å². The molecule has 0 fully saturated rings. The largest absolute Gasteiger partial charge is 0.212 e. The van der Waals surface area contributed by atoms with Crippen LogP contribution >= 0.6 is 0 Å². The topological polar surface area (TPSA) is 3.88 Å². The second-order valence-corrected chi connectivity index (χ2v) is 10.8. The van der Waals surface area contributed by atoms with Crippen molar-refractivity contribution in [3.8, 4) is 11.3 Å². The minimum Gasteiger partial charge on any atom is -0.201 e. The zero-order chi connectivity index (χ0) is 20.9. The monoisotopic (exact) mass is 353 g/mol. The average Bonchev–Trinajstić information content (AvgIpc) is 2.46. The lowest BCUT2D eigenvalue weighted by Crippen LogP contribution is -2.33. The van der Waals surface area contributed by atoms with Crippen LogP contribution in [0.4, 0.5) is 0 Å². The van der Waals surface area contributed by atoms with Crippen molar-refractivity contribution in [3.05, 3.63) is 52.7 Å². The van der Waals surface area contributed by atoms with Crippen molar-refractivity contribution in [3.63, 3.8) is 0 Å². The third-order valence-corrected chi connectivity index (χ3v) is 5.12. The van der Waals surface area contributed by atoms with Gasteiger partial charge in [0, 0.05) is 17.2 Å². The van der Waals surface area contributed by atoms with Crippen LogP contribution in [0.15, 0.2) is 30.4 Å². The minimum atomic E-state index is -0.0327. The van der Waals surface area contributed by atoms with E-state index in [1.54, 1.807) is 0 Å². The Hall–Kier alpha value is -1.63. The Balaban J connectivity index is 2.80. The van der Waals surface area contributed by atoms with E-state index in [1.165, 1.54) is 22.3 Å². The Morgan fingerprint density at radius 3 is 1.73 bits per heavy atom. The van der Waals surface area contributed by atoms with Crippen LogP contribution in [0.2, 0.25) is 0 Å². The molecule has 2 aromatic rings. The summed E-state index contributed by atoms with van der Waals surface area (Å²) < 4.78 is 10.7. The highest BCUT2D eigenvalue weighted by atomic mass is 14.9. The van der Waals surface area contributed by atoms with Gasteiger partial charge in [0.05, 0.1) is 0 Å². The van der Waals surface area contributed by atoms with Crippen LogP contribution in [-0.2, 0) is 23.3 Å². The van der Waals surface area contributed by atoms with Crippen LogP contribution in [0.25, 0.3) is 11.3 Å². The Labute approximate surface area is 162 Å². The quantitative estimate of drug-likeness (QED) is 0.524. The van der Waals surface area contributed by atoms with Crippen LogP contribution in [0.5, 0.6) is 0 Å². The summed E-state index contributed by atoms with van der Waals surface area (Å²) in [5.74, 6) is 0. The highest BCUT2D eigenvalue weighted by Gasteiger charge is 2.28. The molecule has 0 atom stereocenters. The third-order valence-electron chi connectivity index (χ3n) is 5.12. The lowest BCUT2D eigenvalue weighted by Gasteiger charge is -2.31. The van der Waals surface area contributed by atoms with E-state index in [0.717, 1.165) is 11.3 Å². The number of hydrogen-bond acceptors (Lipinski definition) is 0. The molecule has 1 aromatic carbocycles. The van der Waals surface area contributed by atoms with E-state index in [-0.39, 0.29) is 16.2 Å². The van der Waals surface area contributed by atoms with Crippen molar-refractivity contribution in [2.24, 2.45) is 7.05 Å². The molecule has 0 bridgehead atoms. The molecular formula is C25H38N+. The van der Waals surface area contributed by atoms with Crippen LogP contribution < -0.4 is 4.57 Å². The molecule has 0 aliphatic carbocycles. The van der Waals surface area contributed by atoms with Gasteiger partial charge in [-0.3, -0.25) is 0 Å². The molecule has 0 saturated heterocycles. The van der Waals surface area contributed by atoms with Gasteiger partial charge < -0.3 is 0 Å². The lowest BCUT2D eigenvalue weighted by atomic mass is 9.73. The molecule has 0 amide bonds. The van der Waals surface area contributed by atoms with E-state index in [2.05, 4.69) is 93.5 Å². The summed E-state index contributed by atoms with van der Waals surface area (Å²) in [5.41, 5.74) is 7.62. The van der Waals surface area contributed by atoms with Crippen LogP contribution in [0.1, 0.15) is 85.9 Å². The van der Waals surface area contributed by atoms with Crippen molar-refractivity contribution in [1.29, 1.82) is 0 Å². The highest BCUT2D eigenvalue weighted by Crippen LogP contribution is 2.38. The number of nitrogens with zero attached hydrogens (tertiary/aromatic N) is 1. The molecule has 1 nitrogen and oxygen atoms in total. The molecule has 0 spiro atoms. The van der Waals surface area contributed by atoms with Gasteiger partial charge in [-0.1, -0.05) is 68.4 Å². The number of rotatable bonds is 1. The molecule has 0 N–H and O–H groups in total. The third kappa shape index (κ3) is 4.19. The second kappa shape index (κ2) is 6.51. The van der Waals surface area contributed by atoms with Gasteiger partial charge in [-0.15, -0.1) is 0 Å². The summed E-state index contributed by atoms with van der Waals surface area (Å²) in [6.07, 6.45) is 0.594. The standard InChI is InChI=1S/C25H38N/c1-17-14-20(24(5,6)7)21(25(8,9)10)15-19(17)22-13-12-18(16-26(22)11)23(2,3)4/h12-16H,1-11H3/q+1/i16D. The first kappa shape index (κ1) is 19.1. The summed E-state index contributed by atoms with van der Waals surface area (Å²) in [6, 6.07) is 9.04. The summed E-state index contributed by atoms with van der Waals surface area (Å²) in [5, 5.41) is 0. The van der Waals surface area contributed by atoms with Gasteiger partial charge in [-0.25, -0.2) is 4.57 Å². The van der Waals surface area contributed by atoms with Gasteiger partial charge in [0.25, 0.3) is 0 Å². The van der Waals surface area contributed by atoms with E-state index in [9.17, 15) is 0 Å². The fourth-order valence-corrected chi connectivity index (χ4v) is 3.47. The van der Waals surface area contributed by atoms with E-state index in [1.807, 2.05) is 11.6 Å². The van der Waals surface area contributed by atoms with Crippen molar-refractivity contribution >= 4 is 0 Å². The Bertz CT molecular complexity index is 856. The fourth-order valence-electron chi connectivity index (χ4n) is 3.47. The number of aryl methyl sites for hydroxylation is 1. The smallest absolute Gasteiger partial charge is 0.201 e. The molecule has 0 aliphatic heterocycles. The summed E-state index contributed by atoms with van der Waals surface area (Å²) in [6.45, 7) is 22.4. The molecule has 0 unspecified atom stereocenters. The predicted molar refractivity (Wildman–Crippen MR) is 114 cm³/mol. The lowest BCUT2D eigenvalue weighted by molar-refractivity contribution is -0.661. The normalized spacial score (nSPS) is 13.7.